The number of phenols is 1. The molecule has 2 saturated heterocycles. The fraction of sp³-hybridized carbons (Fsp3) is 0.429. The number of aromatic nitrogens is 2. The molecule has 3 atom stereocenters. The van der Waals surface area contributed by atoms with E-state index in [4.69, 9.17) is 9.26 Å². The number of ether oxygens (including phenoxy) is 1. The molecule has 3 heterocycles. The van der Waals surface area contributed by atoms with E-state index in [1.54, 1.807) is 0 Å². The highest BCUT2D eigenvalue weighted by atomic mass is 19.1. The summed E-state index contributed by atoms with van der Waals surface area (Å²) >= 11 is 0. The smallest absolute Gasteiger partial charge is 0.264 e. The summed E-state index contributed by atoms with van der Waals surface area (Å²) in [5, 5.41) is 13.7. The van der Waals surface area contributed by atoms with Gasteiger partial charge in [-0.1, -0.05) is 11.2 Å². The lowest BCUT2D eigenvalue weighted by Gasteiger charge is -2.13. The van der Waals surface area contributed by atoms with Gasteiger partial charge in [0.25, 0.3) is 5.89 Å². The van der Waals surface area contributed by atoms with Crippen LogP contribution < -0.4 is 0 Å². The van der Waals surface area contributed by atoms with Gasteiger partial charge in [-0.05, 0) is 31.4 Å². The number of hydrogen-bond donors (Lipinski definition) is 1. The van der Waals surface area contributed by atoms with Crippen molar-refractivity contribution in [3.05, 3.63) is 29.8 Å². The van der Waals surface area contributed by atoms with Crippen molar-refractivity contribution in [1.82, 2.24) is 10.1 Å². The van der Waals surface area contributed by atoms with E-state index in [0.29, 0.717) is 5.82 Å². The second-order valence-electron chi connectivity index (χ2n) is 5.31. The van der Waals surface area contributed by atoms with Gasteiger partial charge in [-0.3, -0.25) is 0 Å². The minimum atomic E-state index is -0.579. The van der Waals surface area contributed by atoms with Gasteiger partial charge in [0, 0.05) is 0 Å². The van der Waals surface area contributed by atoms with Crippen molar-refractivity contribution >= 4 is 0 Å². The molecule has 6 heteroatoms. The molecule has 4 rings (SSSR count). The zero-order chi connectivity index (χ0) is 13.7. The highest BCUT2D eigenvalue weighted by Gasteiger charge is 2.43. The van der Waals surface area contributed by atoms with Gasteiger partial charge < -0.3 is 14.4 Å². The Hall–Kier alpha value is -1.95. The van der Waals surface area contributed by atoms with Crippen molar-refractivity contribution in [3.8, 4) is 17.2 Å². The van der Waals surface area contributed by atoms with Gasteiger partial charge >= 0.3 is 0 Å². The maximum absolute atomic E-state index is 13.8. The van der Waals surface area contributed by atoms with E-state index >= 15 is 0 Å². The van der Waals surface area contributed by atoms with Crippen LogP contribution in [0.15, 0.2) is 22.7 Å². The van der Waals surface area contributed by atoms with Gasteiger partial charge in [0.1, 0.15) is 17.1 Å². The van der Waals surface area contributed by atoms with Crippen LogP contribution in [0.3, 0.4) is 0 Å². The largest absolute Gasteiger partial charge is 0.507 e. The summed E-state index contributed by atoms with van der Waals surface area (Å²) in [6.45, 7) is 0. The third-order valence-corrected chi connectivity index (χ3v) is 4.08. The predicted octanol–water partition coefficient (Wildman–Crippen LogP) is 2.62. The fourth-order valence-corrected chi connectivity index (χ4v) is 3.12. The van der Waals surface area contributed by atoms with Crippen molar-refractivity contribution in [2.45, 2.75) is 37.4 Å². The molecule has 104 valence electrons. The number of aromatic hydroxyl groups is 1. The standard InChI is InChI=1S/C14H13FN2O3/c15-9-2-1-3-10(18)12(9)14-16-13(17-20-14)8-6-7-4-5-11(8)19-7/h1-3,7-8,11,18H,4-6H2. The Morgan fingerprint density at radius 2 is 2.20 bits per heavy atom. The number of phenolic OH excluding ortho intramolecular Hbond substituents is 1. The first kappa shape index (κ1) is 11.8. The number of rotatable bonds is 2. The molecule has 1 aromatic heterocycles. The Kier molecular flexibility index (Phi) is 2.53. The quantitative estimate of drug-likeness (QED) is 0.913. The van der Waals surface area contributed by atoms with Crippen LogP contribution in [0.2, 0.25) is 0 Å². The van der Waals surface area contributed by atoms with Crippen LogP contribution in [-0.2, 0) is 4.74 Å². The van der Waals surface area contributed by atoms with Crippen LogP contribution in [0.5, 0.6) is 5.75 Å². The lowest BCUT2D eigenvalue weighted by molar-refractivity contribution is 0.0996. The van der Waals surface area contributed by atoms with Gasteiger partial charge in [-0.2, -0.15) is 4.98 Å². The summed E-state index contributed by atoms with van der Waals surface area (Å²) < 4.78 is 24.6. The Morgan fingerprint density at radius 1 is 1.30 bits per heavy atom. The molecule has 2 fully saturated rings. The van der Waals surface area contributed by atoms with Crippen molar-refractivity contribution < 1.29 is 18.8 Å². The average molecular weight is 276 g/mol. The molecule has 2 bridgehead atoms. The van der Waals surface area contributed by atoms with Crippen LogP contribution in [0.1, 0.15) is 31.0 Å². The molecular formula is C14H13FN2O3. The van der Waals surface area contributed by atoms with E-state index in [0.717, 1.165) is 19.3 Å². The minimum Gasteiger partial charge on any atom is -0.507 e. The first-order valence-corrected chi connectivity index (χ1v) is 6.69. The highest BCUT2D eigenvalue weighted by Crippen LogP contribution is 2.44. The summed E-state index contributed by atoms with van der Waals surface area (Å²) in [5.41, 5.74) is -0.0460. The maximum atomic E-state index is 13.8. The van der Waals surface area contributed by atoms with E-state index < -0.39 is 5.82 Å². The molecule has 1 N–H and O–H groups in total. The normalized spacial score (nSPS) is 28.1. The third kappa shape index (κ3) is 1.71. The lowest BCUT2D eigenvalue weighted by atomic mass is 9.89. The molecular weight excluding hydrogens is 263 g/mol. The first-order chi connectivity index (χ1) is 9.72. The summed E-state index contributed by atoms with van der Waals surface area (Å²) in [7, 11) is 0. The number of hydrogen-bond acceptors (Lipinski definition) is 5. The molecule has 1 aromatic carbocycles. The molecule has 0 radical (unpaired) electrons. The predicted molar refractivity (Wildman–Crippen MR) is 66.6 cm³/mol. The fourth-order valence-electron chi connectivity index (χ4n) is 3.12. The van der Waals surface area contributed by atoms with Gasteiger partial charge in [-0.25, -0.2) is 4.39 Å². The molecule has 20 heavy (non-hydrogen) atoms. The second-order valence-corrected chi connectivity index (χ2v) is 5.31. The Bertz CT molecular complexity index is 637. The lowest BCUT2D eigenvalue weighted by Crippen LogP contribution is -2.15. The molecule has 0 saturated carbocycles. The average Bonchev–Trinajstić information content (AvgIpc) is 3.14. The highest BCUT2D eigenvalue weighted by molar-refractivity contribution is 5.62. The van der Waals surface area contributed by atoms with E-state index in [2.05, 4.69) is 10.1 Å². The van der Waals surface area contributed by atoms with E-state index in [1.807, 2.05) is 0 Å². The molecule has 2 aromatic rings. The molecule has 2 aliphatic heterocycles. The zero-order valence-corrected chi connectivity index (χ0v) is 10.6. The monoisotopic (exact) mass is 276 g/mol. The van der Waals surface area contributed by atoms with Gasteiger partial charge in [0.2, 0.25) is 0 Å². The van der Waals surface area contributed by atoms with Crippen molar-refractivity contribution in [3.63, 3.8) is 0 Å². The number of nitrogens with zero attached hydrogens (tertiary/aromatic N) is 2. The summed E-state index contributed by atoms with van der Waals surface area (Å²) in [4.78, 5) is 4.25. The van der Waals surface area contributed by atoms with E-state index in [1.165, 1.54) is 18.2 Å². The molecule has 0 amide bonds. The van der Waals surface area contributed by atoms with Gasteiger partial charge in [-0.15, -0.1) is 0 Å². The molecule has 3 unspecified atom stereocenters. The summed E-state index contributed by atoms with van der Waals surface area (Å²) in [6, 6.07) is 4.07. The van der Waals surface area contributed by atoms with Crippen molar-refractivity contribution in [2.24, 2.45) is 0 Å². The van der Waals surface area contributed by atoms with Gasteiger partial charge in [0.15, 0.2) is 5.82 Å². The van der Waals surface area contributed by atoms with Crippen LogP contribution in [0.25, 0.3) is 11.5 Å². The minimum absolute atomic E-state index is 0.0124. The maximum Gasteiger partial charge on any atom is 0.264 e. The zero-order valence-electron chi connectivity index (χ0n) is 10.6. The topological polar surface area (TPSA) is 68.4 Å². The summed E-state index contributed by atoms with van der Waals surface area (Å²) in [6.07, 6.45) is 3.39. The van der Waals surface area contributed by atoms with E-state index in [9.17, 15) is 9.50 Å². The van der Waals surface area contributed by atoms with Crippen molar-refractivity contribution in [2.75, 3.05) is 0 Å². The molecule has 5 nitrogen and oxygen atoms in total. The van der Waals surface area contributed by atoms with Crippen molar-refractivity contribution in [1.29, 1.82) is 0 Å². The Labute approximate surface area is 114 Å². The van der Waals surface area contributed by atoms with Crippen LogP contribution in [0.4, 0.5) is 4.39 Å². The van der Waals surface area contributed by atoms with Crippen LogP contribution in [-0.4, -0.2) is 27.5 Å². The SMILES string of the molecule is Oc1cccc(F)c1-c1nc(C2CC3CCC2O3)no1. The molecule has 0 spiro atoms. The number of benzene rings is 1. The second kappa shape index (κ2) is 4.28. The van der Waals surface area contributed by atoms with Gasteiger partial charge in [0.05, 0.1) is 18.1 Å². The summed E-state index contributed by atoms with van der Waals surface area (Å²) in [5.74, 6) is -0.123. The van der Waals surface area contributed by atoms with E-state index in [-0.39, 0.29) is 35.3 Å². The third-order valence-electron chi connectivity index (χ3n) is 4.08. The van der Waals surface area contributed by atoms with Crippen LogP contribution in [0, 0.1) is 5.82 Å². The van der Waals surface area contributed by atoms with Crippen LogP contribution >= 0.6 is 0 Å². The number of fused-ring (bicyclic) bond motifs is 2. The molecule has 0 aliphatic carbocycles. The Balaban J connectivity index is 1.69. The molecule has 2 aliphatic rings. The number of halogens is 1. The Morgan fingerprint density at radius 3 is 2.90 bits per heavy atom. The first-order valence-electron chi connectivity index (χ1n) is 6.69.